The van der Waals surface area contributed by atoms with E-state index in [1.54, 1.807) is 6.20 Å². The van der Waals surface area contributed by atoms with Crippen LogP contribution in [0.3, 0.4) is 0 Å². The molecular formula is C15H13NO2. The molecule has 2 aromatic heterocycles. The number of aliphatic hydroxyl groups is 1. The standard InChI is InChI=1S/C15H13NO2/c17-14(11-5-2-1-3-6-11)10-13-9-12-7-4-8-16-15(12)18-13/h1-9,14,17H,10H2. The fourth-order valence-corrected chi connectivity index (χ4v) is 2.01. The predicted octanol–water partition coefficient (Wildman–Crippen LogP) is 3.10. The van der Waals surface area contributed by atoms with Gasteiger partial charge in [-0.25, -0.2) is 4.98 Å². The van der Waals surface area contributed by atoms with Gasteiger partial charge in [0.05, 0.1) is 6.10 Å². The Morgan fingerprint density at radius 3 is 2.72 bits per heavy atom. The predicted molar refractivity (Wildman–Crippen MR) is 69.1 cm³/mol. The molecule has 2 heterocycles. The molecule has 0 amide bonds. The number of fused-ring (bicyclic) bond motifs is 1. The van der Waals surface area contributed by atoms with Crippen LogP contribution >= 0.6 is 0 Å². The van der Waals surface area contributed by atoms with Crippen LogP contribution in [0.15, 0.2) is 59.1 Å². The van der Waals surface area contributed by atoms with E-state index < -0.39 is 6.10 Å². The first kappa shape index (κ1) is 11.0. The Bertz CT molecular complexity index is 613. The van der Waals surface area contributed by atoms with Crippen LogP contribution in [-0.2, 0) is 6.42 Å². The van der Waals surface area contributed by atoms with Crippen LogP contribution in [-0.4, -0.2) is 10.1 Å². The van der Waals surface area contributed by atoms with Gasteiger partial charge in [0, 0.05) is 18.0 Å². The minimum absolute atomic E-state index is 0.459. The van der Waals surface area contributed by atoms with Crippen molar-refractivity contribution in [2.45, 2.75) is 12.5 Å². The van der Waals surface area contributed by atoms with E-state index in [0.29, 0.717) is 12.1 Å². The van der Waals surface area contributed by atoms with Gasteiger partial charge >= 0.3 is 0 Å². The fourth-order valence-electron chi connectivity index (χ4n) is 2.01. The number of aliphatic hydroxyl groups excluding tert-OH is 1. The second-order valence-corrected chi connectivity index (χ2v) is 4.24. The van der Waals surface area contributed by atoms with Crippen LogP contribution in [0, 0.1) is 0 Å². The second-order valence-electron chi connectivity index (χ2n) is 4.24. The average molecular weight is 239 g/mol. The van der Waals surface area contributed by atoms with E-state index in [1.807, 2.05) is 48.5 Å². The third-order valence-electron chi connectivity index (χ3n) is 2.92. The molecule has 3 heteroatoms. The summed E-state index contributed by atoms with van der Waals surface area (Å²) in [4.78, 5) is 4.13. The Balaban J connectivity index is 1.84. The Hall–Kier alpha value is -2.13. The van der Waals surface area contributed by atoms with E-state index in [9.17, 15) is 5.11 Å². The van der Waals surface area contributed by atoms with Crippen molar-refractivity contribution in [3.05, 3.63) is 66.1 Å². The lowest BCUT2D eigenvalue weighted by Gasteiger charge is -2.08. The van der Waals surface area contributed by atoms with Crippen molar-refractivity contribution < 1.29 is 9.52 Å². The van der Waals surface area contributed by atoms with E-state index in [0.717, 1.165) is 16.7 Å². The summed E-state index contributed by atoms with van der Waals surface area (Å²) in [5.41, 5.74) is 1.51. The maximum absolute atomic E-state index is 10.1. The lowest BCUT2D eigenvalue weighted by molar-refractivity contribution is 0.171. The van der Waals surface area contributed by atoms with Crippen LogP contribution in [0.5, 0.6) is 0 Å². The van der Waals surface area contributed by atoms with E-state index >= 15 is 0 Å². The molecule has 0 bridgehead atoms. The van der Waals surface area contributed by atoms with Gasteiger partial charge in [0.1, 0.15) is 5.76 Å². The van der Waals surface area contributed by atoms with Gasteiger partial charge in [-0.3, -0.25) is 0 Å². The topological polar surface area (TPSA) is 46.3 Å². The van der Waals surface area contributed by atoms with Gasteiger partial charge in [-0.2, -0.15) is 0 Å². The number of furan rings is 1. The summed E-state index contributed by atoms with van der Waals surface area (Å²) in [6, 6.07) is 15.3. The molecule has 0 fully saturated rings. The molecule has 3 nitrogen and oxygen atoms in total. The molecule has 1 N–H and O–H groups in total. The van der Waals surface area contributed by atoms with Crippen LogP contribution in [0.25, 0.3) is 11.1 Å². The van der Waals surface area contributed by atoms with Crippen LogP contribution in [0.1, 0.15) is 17.4 Å². The summed E-state index contributed by atoms with van der Waals surface area (Å²) in [6.45, 7) is 0. The minimum Gasteiger partial charge on any atom is -0.443 e. The number of hydrogen-bond donors (Lipinski definition) is 1. The number of hydrogen-bond acceptors (Lipinski definition) is 3. The summed E-state index contributed by atoms with van der Waals surface area (Å²) in [5, 5.41) is 11.1. The highest BCUT2D eigenvalue weighted by atomic mass is 16.3. The summed E-state index contributed by atoms with van der Waals surface area (Å²) in [5.74, 6) is 0.750. The van der Waals surface area contributed by atoms with E-state index in [4.69, 9.17) is 4.42 Å². The molecular weight excluding hydrogens is 226 g/mol. The minimum atomic E-state index is -0.549. The summed E-state index contributed by atoms with van der Waals surface area (Å²) in [7, 11) is 0. The van der Waals surface area contributed by atoms with Crippen LogP contribution in [0.4, 0.5) is 0 Å². The summed E-state index contributed by atoms with van der Waals surface area (Å²) >= 11 is 0. The average Bonchev–Trinajstić information content (AvgIpc) is 2.82. The SMILES string of the molecule is OC(Cc1cc2cccnc2o1)c1ccccc1. The lowest BCUT2D eigenvalue weighted by atomic mass is 10.1. The largest absolute Gasteiger partial charge is 0.443 e. The molecule has 18 heavy (non-hydrogen) atoms. The Morgan fingerprint density at radius 1 is 1.11 bits per heavy atom. The number of rotatable bonds is 3. The van der Waals surface area contributed by atoms with Crippen molar-refractivity contribution in [2.75, 3.05) is 0 Å². The highest BCUT2D eigenvalue weighted by Crippen LogP contribution is 2.22. The molecule has 1 unspecified atom stereocenters. The maximum Gasteiger partial charge on any atom is 0.226 e. The zero-order valence-electron chi connectivity index (χ0n) is 9.78. The van der Waals surface area contributed by atoms with Crippen molar-refractivity contribution in [3.8, 4) is 0 Å². The normalized spacial score (nSPS) is 12.7. The molecule has 90 valence electrons. The molecule has 1 atom stereocenters. The number of benzene rings is 1. The van der Waals surface area contributed by atoms with Crippen molar-refractivity contribution in [1.29, 1.82) is 0 Å². The van der Waals surface area contributed by atoms with Crippen molar-refractivity contribution in [3.63, 3.8) is 0 Å². The molecule has 1 aromatic carbocycles. The van der Waals surface area contributed by atoms with Gasteiger partial charge in [0.25, 0.3) is 0 Å². The Morgan fingerprint density at radius 2 is 1.94 bits per heavy atom. The molecule has 3 rings (SSSR count). The molecule has 0 saturated heterocycles. The Labute approximate surface area is 105 Å². The fraction of sp³-hybridized carbons (Fsp3) is 0.133. The number of pyridine rings is 1. The monoisotopic (exact) mass is 239 g/mol. The first-order valence-electron chi connectivity index (χ1n) is 5.89. The first-order chi connectivity index (χ1) is 8.83. The van der Waals surface area contributed by atoms with E-state index in [1.165, 1.54) is 0 Å². The van der Waals surface area contributed by atoms with Gasteiger partial charge < -0.3 is 9.52 Å². The van der Waals surface area contributed by atoms with Crippen molar-refractivity contribution in [2.24, 2.45) is 0 Å². The van der Waals surface area contributed by atoms with Gasteiger partial charge in [-0.05, 0) is 23.8 Å². The van der Waals surface area contributed by atoms with Gasteiger partial charge in [-0.15, -0.1) is 0 Å². The summed E-state index contributed by atoms with van der Waals surface area (Å²) < 4.78 is 5.59. The molecule has 0 aliphatic rings. The summed E-state index contributed by atoms with van der Waals surface area (Å²) in [6.07, 6.45) is 1.61. The first-order valence-corrected chi connectivity index (χ1v) is 5.89. The highest BCUT2D eigenvalue weighted by molar-refractivity contribution is 5.73. The molecule has 0 saturated carbocycles. The van der Waals surface area contributed by atoms with E-state index in [-0.39, 0.29) is 0 Å². The number of nitrogens with zero attached hydrogens (tertiary/aromatic N) is 1. The maximum atomic E-state index is 10.1. The molecule has 0 aliphatic heterocycles. The zero-order valence-corrected chi connectivity index (χ0v) is 9.78. The smallest absolute Gasteiger partial charge is 0.226 e. The van der Waals surface area contributed by atoms with Crippen molar-refractivity contribution >= 4 is 11.1 Å². The Kier molecular flexibility index (Phi) is 2.82. The van der Waals surface area contributed by atoms with Crippen LogP contribution in [0.2, 0.25) is 0 Å². The highest BCUT2D eigenvalue weighted by Gasteiger charge is 2.12. The van der Waals surface area contributed by atoms with E-state index in [2.05, 4.69) is 4.98 Å². The molecule has 0 radical (unpaired) electrons. The molecule has 0 aliphatic carbocycles. The molecule has 0 spiro atoms. The zero-order chi connectivity index (χ0) is 12.4. The van der Waals surface area contributed by atoms with Crippen LogP contribution < -0.4 is 0 Å². The molecule has 3 aromatic rings. The quantitative estimate of drug-likeness (QED) is 0.763. The number of aromatic nitrogens is 1. The van der Waals surface area contributed by atoms with Gasteiger partial charge in [0.15, 0.2) is 0 Å². The lowest BCUT2D eigenvalue weighted by Crippen LogP contribution is -2.00. The van der Waals surface area contributed by atoms with Gasteiger partial charge in [-0.1, -0.05) is 30.3 Å². The van der Waals surface area contributed by atoms with Crippen molar-refractivity contribution in [1.82, 2.24) is 4.98 Å². The second kappa shape index (κ2) is 4.63. The third-order valence-corrected chi connectivity index (χ3v) is 2.92. The third kappa shape index (κ3) is 2.13. The van der Waals surface area contributed by atoms with Gasteiger partial charge in [0.2, 0.25) is 5.71 Å².